The highest BCUT2D eigenvalue weighted by molar-refractivity contribution is 5.95. The van der Waals surface area contributed by atoms with Crippen LogP contribution in [-0.2, 0) is 25.2 Å². The van der Waals surface area contributed by atoms with Crippen molar-refractivity contribution in [1.29, 1.82) is 0 Å². The summed E-state index contributed by atoms with van der Waals surface area (Å²) in [5.74, 6) is -2.02. The Kier molecular flexibility index (Phi) is 9.43. The predicted octanol–water partition coefficient (Wildman–Crippen LogP) is 3.02. The first kappa shape index (κ1) is 30.4. The Balaban J connectivity index is 1.57. The maximum absolute atomic E-state index is 13.5. The number of hydrogen-bond acceptors (Lipinski definition) is 7. The van der Waals surface area contributed by atoms with Gasteiger partial charge >= 0.3 is 18.2 Å². The lowest BCUT2D eigenvalue weighted by atomic mass is 10.1. The number of piperazine rings is 1. The zero-order valence-corrected chi connectivity index (χ0v) is 22.7. The van der Waals surface area contributed by atoms with E-state index in [1.807, 2.05) is 0 Å². The highest BCUT2D eigenvalue weighted by atomic mass is 19.4. The number of hydrogen-bond donors (Lipinski definition) is 1. The van der Waals surface area contributed by atoms with Gasteiger partial charge in [0.2, 0.25) is 5.91 Å². The molecule has 1 aliphatic rings. The summed E-state index contributed by atoms with van der Waals surface area (Å²) in [6.45, 7) is 5.08. The number of carbonyl (C=O) groups excluding carboxylic acids is 4. The van der Waals surface area contributed by atoms with E-state index in [4.69, 9.17) is 9.47 Å². The molecule has 218 valence electrons. The van der Waals surface area contributed by atoms with Crippen molar-refractivity contribution in [2.75, 3.05) is 33.3 Å². The quantitative estimate of drug-likeness (QED) is 0.403. The van der Waals surface area contributed by atoms with Crippen LogP contribution < -0.4 is 5.32 Å². The number of esters is 1. The van der Waals surface area contributed by atoms with Crippen LogP contribution in [0.5, 0.6) is 0 Å². The lowest BCUT2D eigenvalue weighted by Crippen LogP contribution is -2.60. The minimum Gasteiger partial charge on any atom is -0.467 e. The Morgan fingerprint density at radius 3 is 2.35 bits per heavy atom. The maximum Gasteiger partial charge on any atom is 0.435 e. The van der Waals surface area contributed by atoms with Gasteiger partial charge in [0.1, 0.15) is 5.60 Å². The molecule has 2 heterocycles. The van der Waals surface area contributed by atoms with Gasteiger partial charge in [-0.2, -0.15) is 18.3 Å². The second-order valence-electron chi connectivity index (χ2n) is 10.1. The van der Waals surface area contributed by atoms with E-state index in [0.29, 0.717) is 5.69 Å². The largest absolute Gasteiger partial charge is 0.467 e. The van der Waals surface area contributed by atoms with Gasteiger partial charge in [0, 0.05) is 32.3 Å². The molecule has 1 fully saturated rings. The Bertz CT molecular complexity index is 1230. The molecule has 1 aromatic carbocycles. The maximum atomic E-state index is 13.5. The van der Waals surface area contributed by atoms with Crippen LogP contribution in [0.25, 0.3) is 5.69 Å². The highest BCUT2D eigenvalue weighted by Crippen LogP contribution is 2.31. The van der Waals surface area contributed by atoms with Gasteiger partial charge in [-0.1, -0.05) is 18.2 Å². The van der Waals surface area contributed by atoms with Crippen LogP contribution in [0.3, 0.4) is 0 Å². The summed E-state index contributed by atoms with van der Waals surface area (Å²) in [4.78, 5) is 52.9. The number of methoxy groups -OCH3 is 1. The molecule has 0 radical (unpaired) electrons. The topological polar surface area (TPSA) is 123 Å². The van der Waals surface area contributed by atoms with E-state index in [9.17, 15) is 32.3 Å². The van der Waals surface area contributed by atoms with Crippen LogP contribution in [0, 0.1) is 0 Å². The van der Waals surface area contributed by atoms with Crippen molar-refractivity contribution in [2.45, 2.75) is 51.4 Å². The molecule has 1 aliphatic heterocycles. The summed E-state index contributed by atoms with van der Waals surface area (Å²) in [6, 6.07) is 7.01. The SMILES string of the molecule is COC(=O)C1CN(C(=O)CCCNC(=O)c2cn(-c3ccccc3)nc2C(F)(F)F)CCN1C(=O)OC(C)(C)C. The number of benzene rings is 1. The Morgan fingerprint density at radius 2 is 1.75 bits per heavy atom. The number of nitrogens with one attached hydrogen (secondary N) is 1. The fourth-order valence-electron chi connectivity index (χ4n) is 4.04. The summed E-state index contributed by atoms with van der Waals surface area (Å²) in [5.41, 5.74) is -2.38. The predicted molar refractivity (Wildman–Crippen MR) is 135 cm³/mol. The van der Waals surface area contributed by atoms with Gasteiger partial charge in [0.25, 0.3) is 5.91 Å². The molecule has 0 saturated carbocycles. The number of amides is 3. The van der Waals surface area contributed by atoms with Crippen molar-refractivity contribution in [1.82, 2.24) is 24.9 Å². The van der Waals surface area contributed by atoms with Crippen molar-refractivity contribution < 1.29 is 41.8 Å². The Labute approximate surface area is 229 Å². The molecule has 1 aromatic heterocycles. The van der Waals surface area contributed by atoms with Gasteiger partial charge in [-0.15, -0.1) is 0 Å². The Hall–Kier alpha value is -4.10. The van der Waals surface area contributed by atoms with Crippen LogP contribution in [0.2, 0.25) is 0 Å². The molecule has 3 rings (SSSR count). The first-order valence-corrected chi connectivity index (χ1v) is 12.6. The third kappa shape index (κ3) is 7.73. The van der Waals surface area contributed by atoms with E-state index >= 15 is 0 Å². The van der Waals surface area contributed by atoms with Gasteiger partial charge in [-0.3, -0.25) is 14.5 Å². The molecule has 1 unspecified atom stereocenters. The van der Waals surface area contributed by atoms with E-state index in [2.05, 4.69) is 10.4 Å². The van der Waals surface area contributed by atoms with Crippen molar-refractivity contribution in [3.05, 3.63) is 47.8 Å². The van der Waals surface area contributed by atoms with E-state index in [0.717, 1.165) is 10.9 Å². The summed E-state index contributed by atoms with van der Waals surface area (Å²) >= 11 is 0. The molecule has 3 amide bonds. The van der Waals surface area contributed by atoms with Gasteiger partial charge in [-0.05, 0) is 39.3 Å². The molecule has 1 atom stereocenters. The normalized spacial score (nSPS) is 15.9. The number of aromatic nitrogens is 2. The molecule has 1 N–H and O–H groups in total. The second-order valence-corrected chi connectivity index (χ2v) is 10.1. The van der Waals surface area contributed by atoms with Crippen LogP contribution in [0.15, 0.2) is 36.5 Å². The van der Waals surface area contributed by atoms with Crippen molar-refractivity contribution in [2.24, 2.45) is 0 Å². The summed E-state index contributed by atoms with van der Waals surface area (Å²) < 4.78 is 51.7. The first-order valence-electron chi connectivity index (χ1n) is 12.6. The molecular weight excluding hydrogens is 535 g/mol. The van der Waals surface area contributed by atoms with Crippen LogP contribution in [0.4, 0.5) is 18.0 Å². The van der Waals surface area contributed by atoms with E-state index in [1.165, 1.54) is 16.9 Å². The number of nitrogens with zero attached hydrogens (tertiary/aromatic N) is 4. The lowest BCUT2D eigenvalue weighted by Gasteiger charge is -2.40. The van der Waals surface area contributed by atoms with Gasteiger partial charge in [0.15, 0.2) is 11.7 Å². The van der Waals surface area contributed by atoms with E-state index < -0.39 is 47.0 Å². The van der Waals surface area contributed by atoms with Crippen LogP contribution >= 0.6 is 0 Å². The highest BCUT2D eigenvalue weighted by Gasteiger charge is 2.40. The molecule has 2 aromatic rings. The zero-order chi connectivity index (χ0) is 29.7. The van der Waals surface area contributed by atoms with Crippen molar-refractivity contribution >= 4 is 23.9 Å². The molecule has 40 heavy (non-hydrogen) atoms. The van der Waals surface area contributed by atoms with Crippen molar-refractivity contribution in [3.8, 4) is 5.69 Å². The minimum atomic E-state index is -4.85. The Morgan fingerprint density at radius 1 is 1.07 bits per heavy atom. The third-order valence-electron chi connectivity index (χ3n) is 5.94. The number of alkyl halides is 3. The van der Waals surface area contributed by atoms with Crippen LogP contribution in [0.1, 0.15) is 49.7 Å². The second kappa shape index (κ2) is 12.4. The smallest absolute Gasteiger partial charge is 0.435 e. The molecule has 0 spiro atoms. The summed E-state index contributed by atoms with van der Waals surface area (Å²) in [7, 11) is 1.17. The van der Waals surface area contributed by atoms with E-state index in [-0.39, 0.29) is 44.9 Å². The third-order valence-corrected chi connectivity index (χ3v) is 5.94. The fraction of sp³-hybridized carbons (Fsp3) is 0.500. The molecule has 14 heteroatoms. The van der Waals surface area contributed by atoms with Gasteiger partial charge in [-0.25, -0.2) is 14.3 Å². The first-order chi connectivity index (χ1) is 18.7. The monoisotopic (exact) mass is 567 g/mol. The fourth-order valence-corrected chi connectivity index (χ4v) is 4.04. The van der Waals surface area contributed by atoms with Crippen molar-refractivity contribution in [3.63, 3.8) is 0 Å². The molecular formula is C26H32F3N5O6. The molecule has 0 bridgehead atoms. The number of carbonyl (C=O) groups is 4. The summed E-state index contributed by atoms with van der Waals surface area (Å²) in [6.07, 6.45) is -4.45. The number of para-hydroxylation sites is 1. The van der Waals surface area contributed by atoms with Crippen LogP contribution in [-0.4, -0.2) is 88.4 Å². The molecule has 11 nitrogen and oxygen atoms in total. The average Bonchev–Trinajstić information content (AvgIpc) is 3.36. The molecule has 0 aliphatic carbocycles. The average molecular weight is 568 g/mol. The summed E-state index contributed by atoms with van der Waals surface area (Å²) in [5, 5.41) is 5.96. The van der Waals surface area contributed by atoms with Gasteiger partial charge in [0.05, 0.1) is 24.9 Å². The number of ether oxygens (including phenoxy) is 2. The molecule has 1 saturated heterocycles. The standard InChI is InChI=1S/C26H32F3N5O6/c1-25(2,3)40-24(38)33-14-13-32(16-19(33)23(37)39-4)20(35)11-8-12-30-22(36)18-15-34(17-9-6-5-7-10-17)31-21(18)26(27,28)29/h5-7,9-10,15,19H,8,11-14,16H2,1-4H3,(H,30,36). The zero-order valence-electron chi connectivity index (χ0n) is 22.7. The minimum absolute atomic E-state index is 0.0444. The number of rotatable bonds is 7. The van der Waals surface area contributed by atoms with E-state index in [1.54, 1.807) is 51.1 Å². The number of halogens is 3. The van der Waals surface area contributed by atoms with Gasteiger partial charge < -0.3 is 19.7 Å². The lowest BCUT2D eigenvalue weighted by molar-refractivity contribution is -0.151.